The molecule has 0 saturated heterocycles. The lowest BCUT2D eigenvalue weighted by atomic mass is 9.45. The summed E-state index contributed by atoms with van der Waals surface area (Å²) in [5, 5.41) is 12.9. The Morgan fingerprint density at radius 1 is 1.14 bits per heavy atom. The molecule has 2 bridgehead atoms. The van der Waals surface area contributed by atoms with Crippen LogP contribution in [0.15, 0.2) is 42.5 Å². The Hall–Kier alpha value is -2.33. The standard InChI is InChI=1S/C24H26ClNO3/c1-24(2)16-9-7-15(20(24)12-16)13-26-22(27)19-11-14(8-10-21(19)25)17-5-3-4-6-18(17)23(28)29/h3-6,8,10-11,15-16,20H,7,9,12-13H2,1-2H3,(H,26,27)(H,28,29)/t15-,16-,20-/m0/s1. The Balaban J connectivity index is 1.52. The van der Waals surface area contributed by atoms with Crippen LogP contribution in [0.3, 0.4) is 0 Å². The molecule has 3 aliphatic rings. The molecule has 4 nitrogen and oxygen atoms in total. The van der Waals surface area contributed by atoms with Crippen LogP contribution < -0.4 is 5.32 Å². The number of halogens is 1. The summed E-state index contributed by atoms with van der Waals surface area (Å²) in [4.78, 5) is 24.4. The first-order valence-electron chi connectivity index (χ1n) is 10.2. The normalized spacial score (nSPS) is 24.4. The summed E-state index contributed by atoms with van der Waals surface area (Å²) in [5.41, 5.74) is 2.20. The molecule has 2 N–H and O–H groups in total. The molecule has 5 rings (SSSR count). The van der Waals surface area contributed by atoms with Crippen LogP contribution >= 0.6 is 11.6 Å². The van der Waals surface area contributed by atoms with Crippen molar-refractivity contribution in [3.63, 3.8) is 0 Å². The summed E-state index contributed by atoms with van der Waals surface area (Å²) in [6.07, 6.45) is 3.68. The van der Waals surface area contributed by atoms with Crippen LogP contribution in [-0.2, 0) is 0 Å². The summed E-state index contributed by atoms with van der Waals surface area (Å²) < 4.78 is 0. The Kier molecular flexibility index (Phi) is 5.16. The maximum Gasteiger partial charge on any atom is 0.336 e. The van der Waals surface area contributed by atoms with E-state index in [1.54, 1.807) is 42.5 Å². The van der Waals surface area contributed by atoms with E-state index in [2.05, 4.69) is 19.2 Å². The van der Waals surface area contributed by atoms with Gasteiger partial charge in [-0.25, -0.2) is 4.79 Å². The molecule has 3 atom stereocenters. The molecule has 152 valence electrons. The third kappa shape index (κ3) is 3.55. The fourth-order valence-corrected chi connectivity index (χ4v) is 5.52. The minimum atomic E-state index is -1.000. The Bertz CT molecular complexity index is 966. The summed E-state index contributed by atoms with van der Waals surface area (Å²) in [6, 6.07) is 11.9. The van der Waals surface area contributed by atoms with E-state index in [-0.39, 0.29) is 11.5 Å². The number of carboxylic acids is 1. The van der Waals surface area contributed by atoms with Crippen LogP contribution in [0.4, 0.5) is 0 Å². The van der Waals surface area contributed by atoms with Crippen LogP contribution in [0.1, 0.15) is 53.8 Å². The van der Waals surface area contributed by atoms with Gasteiger partial charge in [0.05, 0.1) is 16.1 Å². The molecule has 2 aromatic rings. The van der Waals surface area contributed by atoms with Gasteiger partial charge in [0.1, 0.15) is 0 Å². The Morgan fingerprint density at radius 3 is 2.59 bits per heavy atom. The number of hydrogen-bond acceptors (Lipinski definition) is 2. The first kappa shape index (κ1) is 20.0. The van der Waals surface area contributed by atoms with Crippen molar-refractivity contribution >= 4 is 23.5 Å². The van der Waals surface area contributed by atoms with E-state index in [0.717, 1.165) is 5.92 Å². The van der Waals surface area contributed by atoms with Gasteiger partial charge >= 0.3 is 5.97 Å². The number of carbonyl (C=O) groups is 2. The minimum Gasteiger partial charge on any atom is -0.478 e. The van der Waals surface area contributed by atoms with Gasteiger partial charge in [-0.1, -0.05) is 49.7 Å². The van der Waals surface area contributed by atoms with Crippen LogP contribution in [-0.4, -0.2) is 23.5 Å². The number of nitrogens with one attached hydrogen (secondary N) is 1. The lowest BCUT2D eigenvalue weighted by molar-refractivity contribution is -0.103. The highest BCUT2D eigenvalue weighted by Crippen LogP contribution is 2.61. The number of fused-ring (bicyclic) bond motifs is 2. The maximum absolute atomic E-state index is 12.9. The molecule has 0 heterocycles. The van der Waals surface area contributed by atoms with Gasteiger partial charge in [0.2, 0.25) is 0 Å². The quantitative estimate of drug-likeness (QED) is 0.681. The lowest BCUT2D eigenvalue weighted by Crippen LogP contribution is -2.54. The average Bonchev–Trinajstić information content (AvgIpc) is 2.72. The zero-order valence-corrected chi connectivity index (χ0v) is 17.5. The van der Waals surface area contributed by atoms with Gasteiger partial charge in [-0.2, -0.15) is 0 Å². The van der Waals surface area contributed by atoms with Gasteiger partial charge in [0.15, 0.2) is 0 Å². The van der Waals surface area contributed by atoms with E-state index < -0.39 is 5.97 Å². The zero-order chi connectivity index (χ0) is 20.8. The number of rotatable bonds is 5. The second-order valence-electron chi connectivity index (χ2n) is 8.95. The third-order valence-corrected chi connectivity index (χ3v) is 7.54. The molecule has 0 aliphatic heterocycles. The molecule has 2 aromatic carbocycles. The number of carboxylic acid groups (broad SMARTS) is 1. The fourth-order valence-electron chi connectivity index (χ4n) is 5.31. The van der Waals surface area contributed by atoms with Gasteiger partial charge in [0, 0.05) is 6.54 Å². The van der Waals surface area contributed by atoms with Crippen LogP contribution in [0, 0.1) is 23.2 Å². The summed E-state index contributed by atoms with van der Waals surface area (Å²) in [7, 11) is 0. The van der Waals surface area contributed by atoms with Crippen molar-refractivity contribution in [2.45, 2.75) is 33.1 Å². The topological polar surface area (TPSA) is 66.4 Å². The molecule has 0 spiro atoms. The van der Waals surface area contributed by atoms with Gasteiger partial charge < -0.3 is 10.4 Å². The highest BCUT2D eigenvalue weighted by molar-refractivity contribution is 6.34. The van der Waals surface area contributed by atoms with Crippen molar-refractivity contribution < 1.29 is 14.7 Å². The van der Waals surface area contributed by atoms with E-state index in [1.165, 1.54) is 19.3 Å². The molecule has 5 heteroatoms. The monoisotopic (exact) mass is 411 g/mol. The lowest BCUT2D eigenvalue weighted by Gasteiger charge is -2.60. The number of amides is 1. The van der Waals surface area contributed by atoms with Crippen LogP contribution in [0.25, 0.3) is 11.1 Å². The van der Waals surface area contributed by atoms with E-state index in [0.29, 0.717) is 45.5 Å². The maximum atomic E-state index is 12.9. The average molecular weight is 412 g/mol. The third-order valence-electron chi connectivity index (χ3n) is 7.21. The Morgan fingerprint density at radius 2 is 1.90 bits per heavy atom. The second kappa shape index (κ2) is 7.49. The first-order valence-corrected chi connectivity index (χ1v) is 10.6. The summed E-state index contributed by atoms with van der Waals surface area (Å²) in [6.45, 7) is 5.35. The van der Waals surface area contributed by atoms with Crippen molar-refractivity contribution in [3.05, 3.63) is 58.6 Å². The van der Waals surface area contributed by atoms with E-state index in [9.17, 15) is 14.7 Å². The molecule has 3 saturated carbocycles. The van der Waals surface area contributed by atoms with Crippen LogP contribution in [0.5, 0.6) is 0 Å². The molecule has 0 aromatic heterocycles. The SMILES string of the molecule is CC1(C)[C@H]2CC[C@@H](CNC(=O)c3cc(-c4ccccc4C(=O)O)ccc3Cl)[C@@H]1C2. The molecule has 29 heavy (non-hydrogen) atoms. The molecule has 3 fully saturated rings. The predicted molar refractivity (Wildman–Crippen MR) is 114 cm³/mol. The number of hydrogen-bond donors (Lipinski definition) is 2. The number of aromatic carboxylic acids is 1. The second-order valence-corrected chi connectivity index (χ2v) is 9.36. The van der Waals surface area contributed by atoms with E-state index in [4.69, 9.17) is 11.6 Å². The largest absolute Gasteiger partial charge is 0.478 e. The predicted octanol–water partition coefficient (Wildman–Crippen LogP) is 5.51. The fraction of sp³-hybridized carbons (Fsp3) is 0.417. The molecule has 1 amide bonds. The molecule has 0 unspecified atom stereocenters. The van der Waals surface area contributed by atoms with Gasteiger partial charge in [0.25, 0.3) is 5.91 Å². The minimum absolute atomic E-state index is 0.199. The van der Waals surface area contributed by atoms with Gasteiger partial charge in [-0.15, -0.1) is 0 Å². The van der Waals surface area contributed by atoms with Crippen LogP contribution in [0.2, 0.25) is 5.02 Å². The molecule has 3 aliphatic carbocycles. The van der Waals surface area contributed by atoms with Crippen molar-refractivity contribution in [1.29, 1.82) is 0 Å². The zero-order valence-electron chi connectivity index (χ0n) is 16.7. The smallest absolute Gasteiger partial charge is 0.336 e. The number of carbonyl (C=O) groups excluding carboxylic acids is 1. The van der Waals surface area contributed by atoms with Crippen molar-refractivity contribution in [2.24, 2.45) is 23.2 Å². The molecular formula is C24H26ClNO3. The molecular weight excluding hydrogens is 386 g/mol. The van der Waals surface area contributed by atoms with Crippen molar-refractivity contribution in [1.82, 2.24) is 5.32 Å². The van der Waals surface area contributed by atoms with Crippen molar-refractivity contribution in [3.8, 4) is 11.1 Å². The van der Waals surface area contributed by atoms with Gasteiger partial charge in [-0.3, -0.25) is 4.79 Å². The molecule has 0 radical (unpaired) electrons. The Labute approximate surface area is 176 Å². The highest BCUT2D eigenvalue weighted by Gasteiger charge is 2.53. The van der Waals surface area contributed by atoms with E-state index in [1.807, 2.05) is 0 Å². The first-order chi connectivity index (χ1) is 13.8. The summed E-state index contributed by atoms with van der Waals surface area (Å²) in [5.74, 6) is 0.809. The highest BCUT2D eigenvalue weighted by atomic mass is 35.5. The summed E-state index contributed by atoms with van der Waals surface area (Å²) >= 11 is 6.31. The van der Waals surface area contributed by atoms with Gasteiger partial charge in [-0.05, 0) is 71.8 Å². The van der Waals surface area contributed by atoms with E-state index >= 15 is 0 Å². The number of benzene rings is 2. The van der Waals surface area contributed by atoms with Crippen molar-refractivity contribution in [2.75, 3.05) is 6.54 Å².